The maximum atomic E-state index is 12.3. The van der Waals surface area contributed by atoms with Crippen LogP contribution in [0.5, 0.6) is 11.5 Å². The minimum atomic E-state index is -1.69. The zero-order valence-corrected chi connectivity index (χ0v) is 15.2. The van der Waals surface area contributed by atoms with Crippen molar-refractivity contribution in [3.63, 3.8) is 0 Å². The fourth-order valence-electron chi connectivity index (χ4n) is 2.94. The molecule has 9 nitrogen and oxygen atoms in total. The van der Waals surface area contributed by atoms with Crippen LogP contribution in [0.4, 0.5) is 5.69 Å². The zero-order chi connectivity index (χ0) is 20.3. The zero-order valence-electron chi connectivity index (χ0n) is 15.2. The molecule has 0 bridgehead atoms. The van der Waals surface area contributed by atoms with Crippen molar-refractivity contribution in [3.05, 3.63) is 66.5 Å². The molecule has 1 aliphatic rings. The monoisotopic (exact) mass is 398 g/mol. The number of carbonyl (C=O) groups excluding carboxylic acids is 2. The summed E-state index contributed by atoms with van der Waals surface area (Å²) in [5.74, 6) is -0.556. The highest BCUT2D eigenvalue weighted by molar-refractivity contribution is 6.39. The van der Waals surface area contributed by atoms with Crippen LogP contribution in [0.2, 0.25) is 0 Å². The second kappa shape index (κ2) is 7.72. The molecule has 29 heavy (non-hydrogen) atoms. The molecule has 2 aromatic heterocycles. The van der Waals surface area contributed by atoms with Crippen molar-refractivity contribution in [3.8, 4) is 11.5 Å². The molecule has 3 N–H and O–H groups in total. The molecule has 9 heteroatoms. The highest BCUT2D eigenvalue weighted by Gasteiger charge is 2.36. The van der Waals surface area contributed by atoms with Gasteiger partial charge in [-0.3, -0.25) is 9.59 Å². The number of aliphatic hydroxyl groups is 1. The van der Waals surface area contributed by atoms with Crippen LogP contribution in [0.1, 0.15) is 11.3 Å². The molecule has 0 spiro atoms. The van der Waals surface area contributed by atoms with E-state index in [1.54, 1.807) is 36.4 Å². The Morgan fingerprint density at radius 1 is 1.03 bits per heavy atom. The van der Waals surface area contributed by atoms with Gasteiger partial charge in [-0.1, -0.05) is 0 Å². The molecular formula is C20H18N2O7. The second-order valence-corrected chi connectivity index (χ2v) is 6.34. The van der Waals surface area contributed by atoms with Crippen LogP contribution in [0, 0.1) is 0 Å². The number of nitrogens with one attached hydrogen (secondary N) is 2. The Balaban J connectivity index is 1.42. The minimum Gasteiger partial charge on any atom is -0.486 e. The number of rotatable bonds is 5. The predicted octanol–water partition coefficient (Wildman–Crippen LogP) is 1.63. The molecule has 1 atom stereocenters. The molecule has 0 saturated heterocycles. The molecule has 150 valence electrons. The van der Waals surface area contributed by atoms with E-state index in [9.17, 15) is 14.7 Å². The third-order valence-electron chi connectivity index (χ3n) is 4.44. The third-order valence-corrected chi connectivity index (χ3v) is 4.44. The fourth-order valence-corrected chi connectivity index (χ4v) is 2.94. The second-order valence-electron chi connectivity index (χ2n) is 6.34. The quantitative estimate of drug-likeness (QED) is 0.558. The number of fused-ring (bicyclic) bond motifs is 1. The van der Waals surface area contributed by atoms with Gasteiger partial charge >= 0.3 is 11.8 Å². The average Bonchev–Trinajstić information content (AvgIpc) is 3.46. The molecule has 1 aliphatic heterocycles. The molecule has 2 amide bonds. The van der Waals surface area contributed by atoms with Gasteiger partial charge in [0.2, 0.25) is 0 Å². The Morgan fingerprint density at radius 3 is 2.59 bits per heavy atom. The lowest BCUT2D eigenvalue weighted by molar-refractivity contribution is -0.136. The lowest BCUT2D eigenvalue weighted by Gasteiger charge is -2.25. The summed E-state index contributed by atoms with van der Waals surface area (Å²) in [5.41, 5.74) is -0.936. The topological polar surface area (TPSA) is 123 Å². The van der Waals surface area contributed by atoms with E-state index in [1.165, 1.54) is 18.8 Å². The van der Waals surface area contributed by atoms with Crippen molar-refractivity contribution in [2.45, 2.75) is 5.60 Å². The Hall–Kier alpha value is -3.72. The van der Waals surface area contributed by atoms with Gasteiger partial charge in [0, 0.05) is 17.3 Å². The van der Waals surface area contributed by atoms with Crippen LogP contribution in [-0.2, 0) is 15.2 Å². The van der Waals surface area contributed by atoms with Crippen molar-refractivity contribution < 1.29 is 33.0 Å². The van der Waals surface area contributed by atoms with Crippen LogP contribution in [0.15, 0.2) is 64.0 Å². The van der Waals surface area contributed by atoms with E-state index < -0.39 is 17.4 Å². The number of anilines is 1. The van der Waals surface area contributed by atoms with Crippen molar-refractivity contribution in [1.82, 2.24) is 5.32 Å². The molecule has 0 saturated carbocycles. The van der Waals surface area contributed by atoms with Gasteiger partial charge in [-0.05, 0) is 30.3 Å². The summed E-state index contributed by atoms with van der Waals surface area (Å²) in [7, 11) is 0. The van der Waals surface area contributed by atoms with Gasteiger partial charge in [0.05, 0.1) is 25.3 Å². The maximum Gasteiger partial charge on any atom is 0.313 e. The number of hydrogen-bond donors (Lipinski definition) is 3. The van der Waals surface area contributed by atoms with Crippen molar-refractivity contribution in [1.29, 1.82) is 0 Å². The number of carbonyl (C=O) groups is 2. The highest BCUT2D eigenvalue weighted by atomic mass is 16.6. The van der Waals surface area contributed by atoms with Crippen molar-refractivity contribution >= 4 is 17.5 Å². The molecule has 0 fully saturated rings. The standard InChI is InChI=1S/C20H18N2O7/c23-18(19(24)22-14-3-4-15-16(10-14)28-9-8-27-15)21-12-20(25,13-5-7-26-11-13)17-2-1-6-29-17/h1-7,10-11,25H,8-9,12H2,(H,21,23)(H,22,24)/t20-/m0/s1. The van der Waals surface area contributed by atoms with Gasteiger partial charge in [0.15, 0.2) is 17.1 Å². The maximum absolute atomic E-state index is 12.3. The first-order chi connectivity index (χ1) is 14.1. The van der Waals surface area contributed by atoms with Crippen LogP contribution >= 0.6 is 0 Å². The van der Waals surface area contributed by atoms with Gasteiger partial charge < -0.3 is 34.0 Å². The lowest BCUT2D eigenvalue weighted by Crippen LogP contribution is -2.45. The van der Waals surface area contributed by atoms with Crippen LogP contribution in [0.25, 0.3) is 0 Å². The molecule has 0 unspecified atom stereocenters. The first-order valence-corrected chi connectivity index (χ1v) is 8.84. The lowest BCUT2D eigenvalue weighted by atomic mass is 9.93. The first-order valence-electron chi connectivity index (χ1n) is 8.84. The van der Waals surface area contributed by atoms with Gasteiger partial charge in [0.25, 0.3) is 0 Å². The Kier molecular flexibility index (Phi) is 4.96. The number of ether oxygens (including phenoxy) is 2. The van der Waals surface area contributed by atoms with Gasteiger partial charge in [-0.15, -0.1) is 0 Å². The summed E-state index contributed by atoms with van der Waals surface area (Å²) in [6.45, 7) is 0.564. The van der Waals surface area contributed by atoms with E-state index in [2.05, 4.69) is 10.6 Å². The smallest absolute Gasteiger partial charge is 0.313 e. The summed E-state index contributed by atoms with van der Waals surface area (Å²) in [4.78, 5) is 24.5. The molecule has 0 radical (unpaired) electrons. The summed E-state index contributed by atoms with van der Waals surface area (Å²) in [6, 6.07) is 9.54. The predicted molar refractivity (Wildman–Crippen MR) is 99.5 cm³/mol. The normalized spacial score (nSPS) is 14.7. The molecular weight excluding hydrogens is 380 g/mol. The summed E-state index contributed by atoms with van der Waals surface area (Å²) >= 11 is 0. The van der Waals surface area contributed by atoms with E-state index in [0.717, 1.165) is 0 Å². The van der Waals surface area contributed by atoms with Crippen LogP contribution in [0.3, 0.4) is 0 Å². The number of hydrogen-bond acceptors (Lipinski definition) is 7. The largest absolute Gasteiger partial charge is 0.486 e. The Bertz CT molecular complexity index is 962. The van der Waals surface area contributed by atoms with E-state index in [4.69, 9.17) is 18.3 Å². The third kappa shape index (κ3) is 3.81. The van der Waals surface area contributed by atoms with Gasteiger partial charge in [0.1, 0.15) is 19.0 Å². The van der Waals surface area contributed by atoms with Crippen LogP contribution < -0.4 is 20.1 Å². The Morgan fingerprint density at radius 2 is 1.86 bits per heavy atom. The molecule has 3 aromatic rings. The van der Waals surface area contributed by atoms with E-state index in [-0.39, 0.29) is 12.3 Å². The SMILES string of the molecule is O=C(NC[C@](O)(c1ccoc1)c1ccco1)C(=O)Nc1ccc2c(c1)OCCO2. The van der Waals surface area contributed by atoms with Crippen LogP contribution in [-0.4, -0.2) is 36.7 Å². The fraction of sp³-hybridized carbons (Fsp3) is 0.200. The van der Waals surface area contributed by atoms with Crippen molar-refractivity contribution in [2.24, 2.45) is 0 Å². The molecule has 0 aliphatic carbocycles. The van der Waals surface area contributed by atoms with Crippen molar-refractivity contribution in [2.75, 3.05) is 25.1 Å². The Labute approximate surface area is 165 Å². The molecule has 3 heterocycles. The summed E-state index contributed by atoms with van der Waals surface area (Å²) in [6.07, 6.45) is 4.13. The molecule has 4 rings (SSSR count). The highest BCUT2D eigenvalue weighted by Crippen LogP contribution is 2.32. The van der Waals surface area contributed by atoms with E-state index >= 15 is 0 Å². The van der Waals surface area contributed by atoms with E-state index in [0.29, 0.717) is 36.0 Å². The number of amides is 2. The summed E-state index contributed by atoms with van der Waals surface area (Å²) in [5, 5.41) is 16.0. The minimum absolute atomic E-state index is 0.200. The summed E-state index contributed by atoms with van der Waals surface area (Å²) < 4.78 is 21.2. The van der Waals surface area contributed by atoms with Gasteiger partial charge in [-0.25, -0.2) is 0 Å². The first kappa shape index (κ1) is 18.6. The molecule has 1 aromatic carbocycles. The number of benzene rings is 1. The van der Waals surface area contributed by atoms with E-state index in [1.807, 2.05) is 0 Å². The average molecular weight is 398 g/mol. The number of furan rings is 2. The van der Waals surface area contributed by atoms with Gasteiger partial charge in [-0.2, -0.15) is 0 Å².